The van der Waals surface area contributed by atoms with E-state index in [9.17, 15) is 4.79 Å². The van der Waals surface area contributed by atoms with Gasteiger partial charge >= 0.3 is 5.97 Å². The number of fused-ring (bicyclic) bond motifs is 1. The third kappa shape index (κ3) is 5.55. The maximum Gasteiger partial charge on any atom is 0.348 e. The molecule has 0 saturated heterocycles. The lowest BCUT2D eigenvalue weighted by molar-refractivity contribution is 0.0478. The van der Waals surface area contributed by atoms with E-state index in [-0.39, 0.29) is 24.9 Å². The number of hydrogen-bond donors (Lipinski definition) is 1. The van der Waals surface area contributed by atoms with Crippen LogP contribution in [0.15, 0.2) is 52.3 Å². The van der Waals surface area contributed by atoms with Gasteiger partial charge in [-0.15, -0.1) is 11.3 Å². The smallest absolute Gasteiger partial charge is 0.348 e. The van der Waals surface area contributed by atoms with E-state index in [1.165, 1.54) is 11.3 Å². The van der Waals surface area contributed by atoms with E-state index >= 15 is 0 Å². The molecule has 0 radical (unpaired) electrons. The molecule has 0 unspecified atom stereocenters. The molecule has 0 amide bonds. The molecule has 184 valence electrons. The normalized spacial score (nSPS) is 13.9. The van der Waals surface area contributed by atoms with Crippen LogP contribution in [0.2, 0.25) is 0 Å². The van der Waals surface area contributed by atoms with Gasteiger partial charge < -0.3 is 24.3 Å². The number of ether oxygens (including phenoxy) is 4. The second-order valence-corrected chi connectivity index (χ2v) is 11.2. The quantitative estimate of drug-likeness (QED) is 0.234. The molecule has 0 fully saturated rings. The third-order valence-corrected chi connectivity index (χ3v) is 7.27. The Kier molecular flexibility index (Phi) is 7.54. The third-order valence-electron chi connectivity index (χ3n) is 5.67. The molecule has 6 nitrogen and oxygen atoms in total. The number of benzene rings is 2. The molecule has 2 heterocycles. The summed E-state index contributed by atoms with van der Waals surface area (Å²) < 4.78 is 23.0. The van der Waals surface area contributed by atoms with Crippen molar-refractivity contribution in [3.8, 4) is 22.6 Å². The highest BCUT2D eigenvalue weighted by atomic mass is 79.9. The Morgan fingerprint density at radius 1 is 1.09 bits per heavy atom. The van der Waals surface area contributed by atoms with Gasteiger partial charge in [0.15, 0.2) is 6.79 Å². The van der Waals surface area contributed by atoms with E-state index in [2.05, 4.69) is 54.2 Å². The number of esters is 1. The van der Waals surface area contributed by atoms with Crippen molar-refractivity contribution in [2.75, 3.05) is 26.3 Å². The van der Waals surface area contributed by atoms with Gasteiger partial charge in [-0.2, -0.15) is 0 Å². The number of nitrogens with one attached hydrogen (secondary N) is 1. The summed E-state index contributed by atoms with van der Waals surface area (Å²) in [5, 5.41) is 3.58. The Hall–Kier alpha value is -2.81. The molecule has 35 heavy (non-hydrogen) atoms. The van der Waals surface area contributed by atoms with Crippen LogP contribution in [-0.2, 0) is 16.1 Å². The van der Waals surface area contributed by atoms with Crippen molar-refractivity contribution in [3.05, 3.63) is 68.3 Å². The lowest BCUT2D eigenvalue weighted by Crippen LogP contribution is -2.32. The van der Waals surface area contributed by atoms with E-state index in [4.69, 9.17) is 18.9 Å². The summed E-state index contributed by atoms with van der Waals surface area (Å²) in [5.41, 5.74) is 5.68. The van der Waals surface area contributed by atoms with Crippen LogP contribution in [-0.4, -0.2) is 32.5 Å². The second kappa shape index (κ2) is 10.4. The molecule has 0 spiro atoms. The monoisotopic (exact) mass is 557 g/mol. The molecular weight excluding hydrogens is 530 g/mol. The maximum atomic E-state index is 12.8. The minimum absolute atomic E-state index is 0.116. The number of thiophene rings is 1. The molecule has 8 heteroatoms. The van der Waals surface area contributed by atoms with Crippen LogP contribution in [0.5, 0.6) is 11.5 Å². The van der Waals surface area contributed by atoms with E-state index in [0.29, 0.717) is 16.4 Å². The highest BCUT2D eigenvalue weighted by Gasteiger charge is 2.27. The van der Waals surface area contributed by atoms with Gasteiger partial charge in [0.05, 0.1) is 16.4 Å². The number of carbonyl (C=O) groups is 1. The minimum Gasteiger partial charge on any atom is -0.496 e. The number of anilines is 1. The van der Waals surface area contributed by atoms with Crippen molar-refractivity contribution in [1.29, 1.82) is 0 Å². The fourth-order valence-electron chi connectivity index (χ4n) is 4.34. The fraction of sp³-hybridized carbons (Fsp3) is 0.296. The van der Waals surface area contributed by atoms with Gasteiger partial charge in [0.1, 0.15) is 23.0 Å². The number of halogens is 1. The number of hydrogen-bond acceptors (Lipinski definition) is 7. The molecule has 3 aromatic rings. The van der Waals surface area contributed by atoms with Gasteiger partial charge in [0, 0.05) is 35.6 Å². The van der Waals surface area contributed by atoms with E-state index < -0.39 is 0 Å². The van der Waals surface area contributed by atoms with Crippen molar-refractivity contribution in [3.63, 3.8) is 0 Å². The van der Waals surface area contributed by atoms with Crippen molar-refractivity contribution >= 4 is 44.5 Å². The Morgan fingerprint density at radius 3 is 2.54 bits per heavy atom. The fourth-order valence-corrected chi connectivity index (χ4v) is 5.62. The molecule has 1 aromatic heterocycles. The number of rotatable bonds is 8. The highest BCUT2D eigenvalue weighted by molar-refractivity contribution is 9.11. The van der Waals surface area contributed by atoms with Crippen molar-refractivity contribution in [2.45, 2.75) is 32.9 Å². The topological polar surface area (TPSA) is 66.0 Å². The molecular formula is C27H28BrNO5S. The average Bonchev–Trinajstić information content (AvgIpc) is 3.26. The van der Waals surface area contributed by atoms with Crippen LogP contribution < -0.4 is 14.8 Å². The van der Waals surface area contributed by atoms with Gasteiger partial charge in [0.2, 0.25) is 0 Å². The standard InChI is InChI=1S/C27H28BrNO5S/c1-16-13-27(2,3)29-21-9-8-18(19-7-6-17(34-15-31-4)12-22(19)32-5)20(25(16)21)14-33-26(30)23-10-11-24(28)35-23/h6-13,29H,14-15H2,1-5H3. The molecule has 0 aliphatic carbocycles. The predicted molar refractivity (Wildman–Crippen MR) is 143 cm³/mol. The Morgan fingerprint density at radius 2 is 1.86 bits per heavy atom. The van der Waals surface area contributed by atoms with E-state index in [0.717, 1.165) is 37.3 Å². The van der Waals surface area contributed by atoms with Crippen LogP contribution in [0.1, 0.15) is 41.6 Å². The summed E-state index contributed by atoms with van der Waals surface area (Å²) in [6, 6.07) is 13.4. The highest BCUT2D eigenvalue weighted by Crippen LogP contribution is 2.43. The largest absolute Gasteiger partial charge is 0.496 e. The first-order chi connectivity index (χ1) is 16.7. The molecule has 0 saturated carbocycles. The average molecular weight is 558 g/mol. The van der Waals surface area contributed by atoms with Crippen LogP contribution in [0.4, 0.5) is 5.69 Å². The van der Waals surface area contributed by atoms with Crippen LogP contribution >= 0.6 is 27.3 Å². The zero-order chi connectivity index (χ0) is 25.2. The number of allylic oxidation sites excluding steroid dienone is 1. The second-order valence-electron chi connectivity index (χ2n) is 8.78. The predicted octanol–water partition coefficient (Wildman–Crippen LogP) is 7.13. The Balaban J connectivity index is 1.79. The summed E-state index contributed by atoms with van der Waals surface area (Å²) in [4.78, 5) is 13.3. The first kappa shape index (κ1) is 25.3. The van der Waals surface area contributed by atoms with Gasteiger partial charge in [-0.05, 0) is 78.2 Å². The van der Waals surface area contributed by atoms with Gasteiger partial charge in [-0.25, -0.2) is 4.79 Å². The van der Waals surface area contributed by atoms with Crippen LogP contribution in [0, 0.1) is 0 Å². The zero-order valence-corrected chi connectivity index (χ0v) is 22.8. The molecule has 4 rings (SSSR count). The molecule has 1 aliphatic rings. The summed E-state index contributed by atoms with van der Waals surface area (Å²) in [6.07, 6.45) is 2.19. The SMILES string of the molecule is COCOc1ccc(-c2ccc3c(c2COC(=O)c2ccc(Br)s2)C(C)=CC(C)(C)N3)c(OC)c1. The summed E-state index contributed by atoms with van der Waals surface area (Å²) in [7, 11) is 3.20. The summed E-state index contributed by atoms with van der Waals surface area (Å²) in [5.74, 6) is 0.936. The summed E-state index contributed by atoms with van der Waals surface area (Å²) in [6.45, 7) is 6.61. The van der Waals surface area contributed by atoms with E-state index in [1.54, 1.807) is 20.3 Å². The van der Waals surface area contributed by atoms with Gasteiger partial charge in [-0.3, -0.25) is 0 Å². The molecule has 2 aromatic carbocycles. The van der Waals surface area contributed by atoms with Crippen molar-refractivity contribution in [1.82, 2.24) is 0 Å². The summed E-state index contributed by atoms with van der Waals surface area (Å²) >= 11 is 4.76. The maximum absolute atomic E-state index is 12.8. The van der Waals surface area contributed by atoms with Crippen LogP contribution in [0.25, 0.3) is 16.7 Å². The van der Waals surface area contributed by atoms with Crippen molar-refractivity contribution < 1.29 is 23.7 Å². The van der Waals surface area contributed by atoms with Gasteiger partial charge in [-0.1, -0.05) is 12.1 Å². The van der Waals surface area contributed by atoms with E-state index in [1.807, 2.05) is 30.3 Å². The minimum atomic E-state index is -0.356. The lowest BCUT2D eigenvalue weighted by Gasteiger charge is -2.33. The molecule has 0 bridgehead atoms. The zero-order valence-electron chi connectivity index (χ0n) is 20.4. The number of carbonyl (C=O) groups excluding carboxylic acids is 1. The Bertz CT molecular complexity index is 1280. The first-order valence-electron chi connectivity index (χ1n) is 11.1. The molecule has 1 aliphatic heterocycles. The molecule has 0 atom stereocenters. The molecule has 1 N–H and O–H groups in total. The van der Waals surface area contributed by atoms with Crippen LogP contribution in [0.3, 0.4) is 0 Å². The Labute approximate surface area is 218 Å². The van der Waals surface area contributed by atoms with Gasteiger partial charge in [0.25, 0.3) is 0 Å². The lowest BCUT2D eigenvalue weighted by atomic mass is 9.85. The van der Waals surface area contributed by atoms with Crippen molar-refractivity contribution in [2.24, 2.45) is 0 Å². The first-order valence-corrected chi connectivity index (χ1v) is 12.7. The number of methoxy groups -OCH3 is 2.